The van der Waals surface area contributed by atoms with Crippen LogP contribution in [-0.2, 0) is 6.61 Å². The van der Waals surface area contributed by atoms with Crippen molar-refractivity contribution in [3.05, 3.63) is 59.2 Å². The van der Waals surface area contributed by atoms with Gasteiger partial charge in [0, 0.05) is 18.2 Å². The van der Waals surface area contributed by atoms with E-state index in [0.717, 1.165) is 23.8 Å². The normalized spacial score (nSPS) is 9.90. The number of nitriles is 1. The third kappa shape index (κ3) is 3.23. The van der Waals surface area contributed by atoms with E-state index in [2.05, 4.69) is 0 Å². The predicted molar refractivity (Wildman–Crippen MR) is 68.4 cm³/mol. The summed E-state index contributed by atoms with van der Waals surface area (Å²) in [6, 6.07) is 9.91. The highest BCUT2D eigenvalue weighted by Crippen LogP contribution is 2.21. The molecule has 0 saturated carbocycles. The van der Waals surface area contributed by atoms with Gasteiger partial charge in [0.05, 0.1) is 12.7 Å². The molecule has 3 nitrogen and oxygen atoms in total. The Morgan fingerprint density at radius 1 is 1.10 bits per heavy atom. The Bertz CT molecular complexity index is 645. The zero-order valence-corrected chi connectivity index (χ0v) is 10.7. The molecular weight excluding hydrogens is 264 g/mol. The van der Waals surface area contributed by atoms with Crippen LogP contribution in [0.4, 0.5) is 8.78 Å². The van der Waals surface area contributed by atoms with E-state index in [0.29, 0.717) is 11.3 Å². The van der Waals surface area contributed by atoms with Gasteiger partial charge in [-0.25, -0.2) is 8.78 Å². The summed E-state index contributed by atoms with van der Waals surface area (Å²) in [5.41, 5.74) is 1.14. The lowest BCUT2D eigenvalue weighted by atomic mass is 10.1. The van der Waals surface area contributed by atoms with Crippen LogP contribution in [0.2, 0.25) is 0 Å². The van der Waals surface area contributed by atoms with Crippen LogP contribution in [0.25, 0.3) is 0 Å². The molecule has 0 saturated heterocycles. The third-order valence-corrected chi connectivity index (χ3v) is 2.63. The van der Waals surface area contributed by atoms with Gasteiger partial charge in [-0.15, -0.1) is 0 Å². The van der Waals surface area contributed by atoms with Crippen LogP contribution in [0.1, 0.15) is 11.1 Å². The van der Waals surface area contributed by atoms with Crippen molar-refractivity contribution in [1.29, 1.82) is 5.26 Å². The fraction of sp³-hybridized carbons (Fsp3) is 0.133. The van der Waals surface area contributed by atoms with Gasteiger partial charge < -0.3 is 9.47 Å². The van der Waals surface area contributed by atoms with Crippen LogP contribution in [-0.4, -0.2) is 7.11 Å². The molecule has 102 valence electrons. The van der Waals surface area contributed by atoms with Crippen LogP contribution in [0.3, 0.4) is 0 Å². The molecule has 2 aromatic rings. The minimum atomic E-state index is -0.697. The fourth-order valence-electron chi connectivity index (χ4n) is 1.70. The topological polar surface area (TPSA) is 42.2 Å². The summed E-state index contributed by atoms with van der Waals surface area (Å²) in [6.07, 6.45) is 0. The van der Waals surface area contributed by atoms with Crippen molar-refractivity contribution in [2.45, 2.75) is 6.61 Å². The Morgan fingerprint density at radius 2 is 1.80 bits per heavy atom. The molecule has 0 aliphatic rings. The first kappa shape index (κ1) is 13.8. The van der Waals surface area contributed by atoms with E-state index in [1.807, 2.05) is 6.07 Å². The van der Waals surface area contributed by atoms with Gasteiger partial charge in [-0.1, -0.05) is 6.07 Å². The molecule has 0 amide bonds. The van der Waals surface area contributed by atoms with Gasteiger partial charge in [0.25, 0.3) is 0 Å². The number of nitrogens with zero attached hydrogens (tertiary/aromatic N) is 1. The summed E-state index contributed by atoms with van der Waals surface area (Å²) in [6.45, 7) is 0.116. The second-order valence-electron chi connectivity index (χ2n) is 4.04. The summed E-state index contributed by atoms with van der Waals surface area (Å²) >= 11 is 0. The smallest absolute Gasteiger partial charge is 0.137 e. The lowest BCUT2D eigenvalue weighted by Crippen LogP contribution is -1.98. The Balaban J connectivity index is 2.13. The maximum absolute atomic E-state index is 13.0. The number of ether oxygens (including phenoxy) is 2. The molecule has 0 heterocycles. The van der Waals surface area contributed by atoms with E-state index >= 15 is 0 Å². The van der Waals surface area contributed by atoms with Gasteiger partial charge in [0.1, 0.15) is 35.8 Å². The molecule has 0 spiro atoms. The Kier molecular flexibility index (Phi) is 4.16. The molecule has 5 heteroatoms. The standard InChI is InChI=1S/C15H11F2NO2/c1-19-15-4-10(2-3-11(15)8-18)9-20-14-6-12(16)5-13(17)7-14/h2-7H,9H2,1H3. The molecule has 0 unspecified atom stereocenters. The molecule has 0 aromatic heterocycles. The van der Waals surface area contributed by atoms with E-state index in [-0.39, 0.29) is 12.4 Å². The van der Waals surface area contributed by atoms with Crippen molar-refractivity contribution in [2.75, 3.05) is 7.11 Å². The third-order valence-electron chi connectivity index (χ3n) is 2.63. The van der Waals surface area contributed by atoms with E-state index in [4.69, 9.17) is 14.7 Å². The van der Waals surface area contributed by atoms with Crippen LogP contribution >= 0.6 is 0 Å². The number of methoxy groups -OCH3 is 1. The average molecular weight is 275 g/mol. The maximum Gasteiger partial charge on any atom is 0.137 e. The zero-order chi connectivity index (χ0) is 14.5. The summed E-state index contributed by atoms with van der Waals surface area (Å²) < 4.78 is 36.4. The van der Waals surface area contributed by atoms with E-state index in [9.17, 15) is 8.78 Å². The summed E-state index contributed by atoms with van der Waals surface area (Å²) in [7, 11) is 1.46. The van der Waals surface area contributed by atoms with Crippen LogP contribution in [0, 0.1) is 23.0 Å². The van der Waals surface area contributed by atoms with Crippen molar-refractivity contribution in [3.63, 3.8) is 0 Å². The van der Waals surface area contributed by atoms with Crippen molar-refractivity contribution in [2.24, 2.45) is 0 Å². The molecule has 0 atom stereocenters. The summed E-state index contributed by atoms with van der Waals surface area (Å²) in [4.78, 5) is 0. The second kappa shape index (κ2) is 6.02. The highest BCUT2D eigenvalue weighted by molar-refractivity contribution is 5.45. The number of hydrogen-bond acceptors (Lipinski definition) is 3. The predicted octanol–water partition coefficient (Wildman–Crippen LogP) is 3.42. The molecule has 0 aliphatic carbocycles. The lowest BCUT2D eigenvalue weighted by molar-refractivity contribution is 0.301. The second-order valence-corrected chi connectivity index (χ2v) is 4.04. The molecule has 0 aliphatic heterocycles. The maximum atomic E-state index is 13.0. The molecular formula is C15H11F2NO2. The number of rotatable bonds is 4. The first-order chi connectivity index (χ1) is 9.62. The quantitative estimate of drug-likeness (QED) is 0.858. The fourth-order valence-corrected chi connectivity index (χ4v) is 1.70. The first-order valence-electron chi connectivity index (χ1n) is 5.78. The SMILES string of the molecule is COc1cc(COc2cc(F)cc(F)c2)ccc1C#N. The average Bonchev–Trinajstić information content (AvgIpc) is 2.43. The van der Waals surface area contributed by atoms with E-state index in [1.165, 1.54) is 7.11 Å². The van der Waals surface area contributed by atoms with Gasteiger partial charge in [-0.05, 0) is 17.7 Å². The van der Waals surface area contributed by atoms with E-state index in [1.54, 1.807) is 18.2 Å². The minimum absolute atomic E-state index is 0.103. The Hall–Kier alpha value is -2.61. The van der Waals surface area contributed by atoms with Crippen molar-refractivity contribution < 1.29 is 18.3 Å². The minimum Gasteiger partial charge on any atom is -0.495 e. The van der Waals surface area contributed by atoms with E-state index < -0.39 is 11.6 Å². The largest absolute Gasteiger partial charge is 0.495 e. The highest BCUT2D eigenvalue weighted by Gasteiger charge is 2.06. The lowest BCUT2D eigenvalue weighted by Gasteiger charge is -2.09. The van der Waals surface area contributed by atoms with Crippen molar-refractivity contribution in [1.82, 2.24) is 0 Å². The van der Waals surface area contributed by atoms with Crippen LogP contribution in [0.15, 0.2) is 36.4 Å². The molecule has 2 rings (SSSR count). The number of hydrogen-bond donors (Lipinski definition) is 0. The molecule has 2 aromatic carbocycles. The molecule has 0 bridgehead atoms. The Morgan fingerprint density at radius 3 is 2.40 bits per heavy atom. The van der Waals surface area contributed by atoms with Gasteiger partial charge in [-0.2, -0.15) is 5.26 Å². The first-order valence-corrected chi connectivity index (χ1v) is 5.78. The molecule has 20 heavy (non-hydrogen) atoms. The zero-order valence-electron chi connectivity index (χ0n) is 10.7. The molecule has 0 fully saturated rings. The van der Waals surface area contributed by atoms with Crippen LogP contribution < -0.4 is 9.47 Å². The van der Waals surface area contributed by atoms with Gasteiger partial charge in [-0.3, -0.25) is 0 Å². The van der Waals surface area contributed by atoms with Crippen molar-refractivity contribution >= 4 is 0 Å². The summed E-state index contributed by atoms with van der Waals surface area (Å²) in [5.74, 6) is -0.861. The summed E-state index contributed by atoms with van der Waals surface area (Å²) in [5, 5.41) is 8.86. The monoisotopic (exact) mass is 275 g/mol. The molecule has 0 N–H and O–H groups in total. The van der Waals surface area contributed by atoms with Gasteiger partial charge >= 0.3 is 0 Å². The number of halogens is 2. The number of benzene rings is 2. The van der Waals surface area contributed by atoms with Crippen molar-refractivity contribution in [3.8, 4) is 17.6 Å². The highest BCUT2D eigenvalue weighted by atomic mass is 19.1. The van der Waals surface area contributed by atoms with Crippen LogP contribution in [0.5, 0.6) is 11.5 Å². The Labute approximate surface area is 115 Å². The molecule has 0 radical (unpaired) electrons. The van der Waals surface area contributed by atoms with Gasteiger partial charge in [0.15, 0.2) is 0 Å². The van der Waals surface area contributed by atoms with Gasteiger partial charge in [0.2, 0.25) is 0 Å².